The highest BCUT2D eigenvalue weighted by Crippen LogP contribution is 2.11. The third-order valence-corrected chi connectivity index (χ3v) is 3.32. The second-order valence-corrected chi connectivity index (χ2v) is 4.62. The molecule has 1 fully saturated rings. The van der Waals surface area contributed by atoms with Crippen LogP contribution in [0.2, 0.25) is 0 Å². The van der Waals surface area contributed by atoms with Crippen molar-refractivity contribution >= 4 is 11.8 Å². The van der Waals surface area contributed by atoms with Crippen molar-refractivity contribution < 1.29 is 4.74 Å². The number of rotatable bonds is 5. The summed E-state index contributed by atoms with van der Waals surface area (Å²) in [5, 5.41) is 0. The third kappa shape index (κ3) is 4.86. The first-order valence-corrected chi connectivity index (χ1v) is 6.06. The van der Waals surface area contributed by atoms with Crippen LogP contribution < -0.4 is 5.73 Å². The van der Waals surface area contributed by atoms with Gasteiger partial charge in [0.1, 0.15) is 0 Å². The van der Waals surface area contributed by atoms with E-state index in [0.717, 1.165) is 38.4 Å². The van der Waals surface area contributed by atoms with Gasteiger partial charge in [-0.1, -0.05) is 0 Å². The van der Waals surface area contributed by atoms with Gasteiger partial charge in [0, 0.05) is 18.8 Å². The fraction of sp³-hybridized carbons (Fsp3) is 1.00. The molecule has 3 nitrogen and oxygen atoms in total. The molecule has 1 saturated heterocycles. The van der Waals surface area contributed by atoms with Gasteiger partial charge in [-0.15, -0.1) is 0 Å². The minimum atomic E-state index is 0.432. The second kappa shape index (κ2) is 6.65. The van der Waals surface area contributed by atoms with E-state index in [1.165, 1.54) is 5.75 Å². The number of likely N-dealkylation sites (N-methyl/N-ethyl adjacent to an activating group) is 1. The Bertz CT molecular complexity index is 135. The van der Waals surface area contributed by atoms with Gasteiger partial charge in [-0.05, 0) is 25.8 Å². The van der Waals surface area contributed by atoms with Crippen LogP contribution in [0.15, 0.2) is 0 Å². The van der Waals surface area contributed by atoms with Crippen molar-refractivity contribution in [3.05, 3.63) is 0 Å². The smallest absolute Gasteiger partial charge is 0.0792 e. The lowest BCUT2D eigenvalue weighted by molar-refractivity contribution is -0.00598. The van der Waals surface area contributed by atoms with E-state index in [9.17, 15) is 0 Å². The van der Waals surface area contributed by atoms with Gasteiger partial charge in [0.05, 0.1) is 12.7 Å². The van der Waals surface area contributed by atoms with Crippen LogP contribution in [0.1, 0.15) is 6.42 Å². The van der Waals surface area contributed by atoms with Crippen LogP contribution in [-0.2, 0) is 4.74 Å². The molecule has 0 aromatic heterocycles. The molecule has 0 bridgehead atoms. The summed E-state index contributed by atoms with van der Waals surface area (Å²) in [5.41, 5.74) is 5.42. The standard InChI is InChI=1S/C9H20N2OS/c1-11-4-5-12-9(7-11)8-13-6-2-3-10/h9H,2-8,10H2,1H3. The van der Waals surface area contributed by atoms with Gasteiger partial charge in [-0.25, -0.2) is 0 Å². The fourth-order valence-corrected chi connectivity index (χ4v) is 2.37. The van der Waals surface area contributed by atoms with Crippen molar-refractivity contribution in [2.24, 2.45) is 5.73 Å². The van der Waals surface area contributed by atoms with Crippen molar-refractivity contribution in [2.45, 2.75) is 12.5 Å². The number of morpholine rings is 1. The van der Waals surface area contributed by atoms with E-state index in [1.54, 1.807) is 0 Å². The minimum absolute atomic E-state index is 0.432. The Kier molecular flexibility index (Phi) is 5.78. The van der Waals surface area contributed by atoms with E-state index in [4.69, 9.17) is 10.5 Å². The third-order valence-electron chi connectivity index (χ3n) is 2.14. The summed E-state index contributed by atoms with van der Waals surface area (Å²) >= 11 is 1.95. The van der Waals surface area contributed by atoms with E-state index in [-0.39, 0.29) is 0 Å². The lowest BCUT2D eigenvalue weighted by atomic mass is 10.3. The van der Waals surface area contributed by atoms with Crippen LogP contribution in [0, 0.1) is 0 Å². The van der Waals surface area contributed by atoms with E-state index >= 15 is 0 Å². The second-order valence-electron chi connectivity index (χ2n) is 3.47. The zero-order chi connectivity index (χ0) is 9.52. The number of ether oxygens (including phenoxy) is 1. The summed E-state index contributed by atoms with van der Waals surface area (Å²) in [6.45, 7) is 3.84. The molecule has 0 saturated carbocycles. The minimum Gasteiger partial charge on any atom is -0.375 e. The van der Waals surface area contributed by atoms with Crippen LogP contribution in [0.25, 0.3) is 0 Å². The van der Waals surface area contributed by atoms with Crippen LogP contribution in [-0.4, -0.2) is 55.8 Å². The molecule has 0 amide bonds. The molecule has 1 aliphatic rings. The number of thioether (sulfide) groups is 1. The summed E-state index contributed by atoms with van der Waals surface area (Å²) in [7, 11) is 2.15. The highest BCUT2D eigenvalue weighted by Gasteiger charge is 2.16. The summed E-state index contributed by atoms with van der Waals surface area (Å²) in [4.78, 5) is 2.33. The van der Waals surface area contributed by atoms with Gasteiger partial charge in [0.15, 0.2) is 0 Å². The van der Waals surface area contributed by atoms with E-state index in [1.807, 2.05) is 11.8 Å². The maximum Gasteiger partial charge on any atom is 0.0792 e. The Morgan fingerprint density at radius 2 is 2.46 bits per heavy atom. The van der Waals surface area contributed by atoms with Gasteiger partial charge in [0.25, 0.3) is 0 Å². The Hall–Kier alpha value is 0.230. The summed E-state index contributed by atoms with van der Waals surface area (Å²) in [6.07, 6.45) is 1.55. The average Bonchev–Trinajstić information content (AvgIpc) is 2.13. The van der Waals surface area contributed by atoms with Crippen LogP contribution in [0.3, 0.4) is 0 Å². The highest BCUT2D eigenvalue weighted by atomic mass is 32.2. The van der Waals surface area contributed by atoms with Crippen molar-refractivity contribution in [2.75, 3.05) is 44.8 Å². The molecule has 0 aliphatic carbocycles. The molecule has 0 aromatic carbocycles. The maximum atomic E-state index is 5.63. The lowest BCUT2D eigenvalue weighted by Crippen LogP contribution is -2.41. The molecule has 1 atom stereocenters. The summed E-state index contributed by atoms with van der Waals surface area (Å²) < 4.78 is 5.63. The normalized spacial score (nSPS) is 24.9. The molecular weight excluding hydrogens is 184 g/mol. The molecular formula is C9H20N2OS. The summed E-state index contributed by atoms with van der Waals surface area (Å²) in [6, 6.07) is 0. The zero-order valence-corrected chi connectivity index (χ0v) is 9.18. The molecule has 1 heterocycles. The Morgan fingerprint density at radius 3 is 3.15 bits per heavy atom. The molecule has 78 valence electrons. The van der Waals surface area contributed by atoms with Crippen LogP contribution in [0.5, 0.6) is 0 Å². The Labute approximate surface area is 85.0 Å². The molecule has 1 unspecified atom stereocenters. The largest absolute Gasteiger partial charge is 0.375 e. The van der Waals surface area contributed by atoms with E-state index in [0.29, 0.717) is 6.10 Å². The molecule has 4 heteroatoms. The van der Waals surface area contributed by atoms with E-state index in [2.05, 4.69) is 11.9 Å². The molecule has 0 radical (unpaired) electrons. The van der Waals surface area contributed by atoms with Gasteiger partial charge < -0.3 is 15.4 Å². The topological polar surface area (TPSA) is 38.5 Å². The molecule has 0 spiro atoms. The zero-order valence-electron chi connectivity index (χ0n) is 8.37. The number of nitrogens with zero attached hydrogens (tertiary/aromatic N) is 1. The van der Waals surface area contributed by atoms with Gasteiger partial charge in [-0.3, -0.25) is 0 Å². The first-order chi connectivity index (χ1) is 6.33. The first-order valence-electron chi connectivity index (χ1n) is 4.91. The lowest BCUT2D eigenvalue weighted by Gasteiger charge is -2.29. The van der Waals surface area contributed by atoms with Gasteiger partial charge >= 0.3 is 0 Å². The van der Waals surface area contributed by atoms with Crippen LogP contribution >= 0.6 is 11.8 Å². The number of hydrogen-bond acceptors (Lipinski definition) is 4. The molecule has 0 aromatic rings. The maximum absolute atomic E-state index is 5.63. The summed E-state index contributed by atoms with van der Waals surface area (Å²) in [5.74, 6) is 2.28. The molecule has 13 heavy (non-hydrogen) atoms. The first kappa shape index (κ1) is 11.3. The van der Waals surface area contributed by atoms with Gasteiger partial charge in [-0.2, -0.15) is 11.8 Å². The monoisotopic (exact) mass is 204 g/mol. The Morgan fingerprint density at radius 1 is 1.62 bits per heavy atom. The van der Waals surface area contributed by atoms with Crippen molar-refractivity contribution in [1.29, 1.82) is 0 Å². The van der Waals surface area contributed by atoms with E-state index < -0.39 is 0 Å². The fourth-order valence-electron chi connectivity index (χ4n) is 1.37. The van der Waals surface area contributed by atoms with Crippen molar-refractivity contribution in [3.63, 3.8) is 0 Å². The molecule has 2 N–H and O–H groups in total. The SMILES string of the molecule is CN1CCOC(CSCCCN)C1. The quantitative estimate of drug-likeness (QED) is 0.658. The van der Waals surface area contributed by atoms with Crippen molar-refractivity contribution in [3.8, 4) is 0 Å². The highest BCUT2D eigenvalue weighted by molar-refractivity contribution is 7.99. The molecule has 1 aliphatic heterocycles. The average molecular weight is 204 g/mol. The predicted molar refractivity (Wildman–Crippen MR) is 58.2 cm³/mol. The van der Waals surface area contributed by atoms with Crippen LogP contribution in [0.4, 0.5) is 0 Å². The van der Waals surface area contributed by atoms with Crippen molar-refractivity contribution in [1.82, 2.24) is 4.90 Å². The predicted octanol–water partition coefficient (Wildman–Crippen LogP) is 0.399. The number of nitrogens with two attached hydrogens (primary N) is 1. The van der Waals surface area contributed by atoms with Gasteiger partial charge in [0.2, 0.25) is 0 Å². The molecule has 1 rings (SSSR count). The Balaban J connectivity index is 2.00. The number of hydrogen-bond donors (Lipinski definition) is 1.